The van der Waals surface area contributed by atoms with Gasteiger partial charge in [-0.05, 0) is 28.1 Å². The number of aliphatic carboxylic acids is 1. The minimum absolute atomic E-state index is 0.0906. The molecule has 1 atom stereocenters. The summed E-state index contributed by atoms with van der Waals surface area (Å²) in [5.74, 6) is -0.916. The van der Waals surface area contributed by atoms with Gasteiger partial charge in [-0.2, -0.15) is 0 Å². The molecule has 0 spiro atoms. The second kappa shape index (κ2) is 4.92. The number of halogens is 1. The third-order valence-corrected chi connectivity index (χ3v) is 2.56. The lowest BCUT2D eigenvalue weighted by Gasteiger charge is -2.14. The van der Waals surface area contributed by atoms with Crippen LogP contribution in [0, 0.1) is 0 Å². The van der Waals surface area contributed by atoms with Crippen molar-refractivity contribution < 1.29 is 9.90 Å². The highest BCUT2D eigenvalue weighted by atomic mass is 35.5. The van der Waals surface area contributed by atoms with Gasteiger partial charge in [0.15, 0.2) is 0 Å². The third kappa shape index (κ3) is 2.79. The van der Waals surface area contributed by atoms with Crippen molar-refractivity contribution in [1.29, 1.82) is 0 Å². The van der Waals surface area contributed by atoms with Crippen LogP contribution in [0.5, 0.6) is 0 Å². The molecular formula is C10H9ClN4O2. The summed E-state index contributed by atoms with van der Waals surface area (Å²) in [7, 11) is 0. The molecule has 1 heterocycles. The monoisotopic (exact) mass is 252 g/mol. The van der Waals surface area contributed by atoms with Crippen LogP contribution in [-0.2, 0) is 4.79 Å². The summed E-state index contributed by atoms with van der Waals surface area (Å²) in [4.78, 5) is 10.8. The molecule has 17 heavy (non-hydrogen) atoms. The third-order valence-electron chi connectivity index (χ3n) is 2.31. The van der Waals surface area contributed by atoms with Crippen molar-refractivity contribution in [3.63, 3.8) is 0 Å². The molecule has 0 radical (unpaired) electrons. The van der Waals surface area contributed by atoms with E-state index in [2.05, 4.69) is 15.5 Å². The summed E-state index contributed by atoms with van der Waals surface area (Å²) in [6.07, 6.45) is 1.30. The molecule has 0 amide bonds. The van der Waals surface area contributed by atoms with Crippen LogP contribution in [0.3, 0.4) is 0 Å². The zero-order valence-corrected chi connectivity index (χ0v) is 9.45. The number of nitrogens with zero attached hydrogens (tertiary/aromatic N) is 4. The molecule has 0 aliphatic heterocycles. The fourth-order valence-electron chi connectivity index (χ4n) is 1.53. The van der Waals surface area contributed by atoms with Gasteiger partial charge in [-0.3, -0.25) is 4.79 Å². The Morgan fingerprint density at radius 2 is 2.12 bits per heavy atom. The zero-order valence-electron chi connectivity index (χ0n) is 8.69. The molecule has 6 nitrogen and oxygen atoms in total. The van der Waals surface area contributed by atoms with Crippen LogP contribution in [0.25, 0.3) is 0 Å². The van der Waals surface area contributed by atoms with Gasteiger partial charge in [-0.15, -0.1) is 5.10 Å². The Kier molecular flexibility index (Phi) is 3.34. The van der Waals surface area contributed by atoms with Gasteiger partial charge in [0.25, 0.3) is 0 Å². The SMILES string of the molecule is O=C(O)C[C@@H](c1ccc(Cl)cc1)n1cnnn1. The highest BCUT2D eigenvalue weighted by molar-refractivity contribution is 6.30. The standard InChI is InChI=1S/C10H9ClN4O2/c11-8-3-1-7(2-4-8)9(5-10(16)17)15-6-12-13-14-15/h1-4,6,9H,5H2,(H,16,17)/t9-/m0/s1. The number of carboxylic acids is 1. The molecule has 0 unspecified atom stereocenters. The lowest BCUT2D eigenvalue weighted by molar-refractivity contribution is -0.137. The van der Waals surface area contributed by atoms with Gasteiger partial charge in [0, 0.05) is 5.02 Å². The fourth-order valence-corrected chi connectivity index (χ4v) is 1.65. The van der Waals surface area contributed by atoms with Crippen LogP contribution in [0.2, 0.25) is 5.02 Å². The van der Waals surface area contributed by atoms with Crippen molar-refractivity contribution >= 4 is 17.6 Å². The number of benzene rings is 1. The summed E-state index contributed by atoms with van der Waals surface area (Å²) >= 11 is 5.78. The summed E-state index contributed by atoms with van der Waals surface area (Å²) in [5.41, 5.74) is 0.795. The van der Waals surface area contributed by atoms with E-state index in [1.807, 2.05) is 0 Å². The molecular weight excluding hydrogens is 244 g/mol. The van der Waals surface area contributed by atoms with Crippen LogP contribution in [0.15, 0.2) is 30.6 Å². The Labute approximate surface area is 102 Å². The largest absolute Gasteiger partial charge is 0.481 e. The normalized spacial score (nSPS) is 12.3. The molecule has 1 aromatic heterocycles. The number of carboxylic acid groups (broad SMARTS) is 1. The maximum atomic E-state index is 10.8. The van der Waals surface area contributed by atoms with Crippen LogP contribution in [-0.4, -0.2) is 31.3 Å². The molecule has 1 N–H and O–H groups in total. The summed E-state index contributed by atoms with van der Waals surface area (Å²) in [6, 6.07) is 6.50. The van der Waals surface area contributed by atoms with E-state index in [0.29, 0.717) is 5.02 Å². The number of tetrazole rings is 1. The van der Waals surface area contributed by atoms with Crippen molar-refractivity contribution in [1.82, 2.24) is 20.2 Å². The average molecular weight is 253 g/mol. The number of carbonyl (C=O) groups is 1. The molecule has 2 aromatic rings. The Bertz CT molecular complexity index is 498. The first kappa shape index (κ1) is 11.5. The van der Waals surface area contributed by atoms with Crippen molar-refractivity contribution in [2.24, 2.45) is 0 Å². The van der Waals surface area contributed by atoms with Crippen molar-refractivity contribution in [2.45, 2.75) is 12.5 Å². The Morgan fingerprint density at radius 1 is 1.41 bits per heavy atom. The maximum Gasteiger partial charge on any atom is 0.305 e. The Balaban J connectivity index is 2.33. The molecule has 1 aromatic carbocycles. The van der Waals surface area contributed by atoms with Crippen molar-refractivity contribution in [3.05, 3.63) is 41.2 Å². The number of rotatable bonds is 4. The van der Waals surface area contributed by atoms with E-state index in [4.69, 9.17) is 16.7 Å². The molecule has 0 saturated carbocycles. The van der Waals surface area contributed by atoms with Gasteiger partial charge >= 0.3 is 5.97 Å². The van der Waals surface area contributed by atoms with E-state index in [1.54, 1.807) is 24.3 Å². The predicted octanol–water partition coefficient (Wildman–Crippen LogP) is 1.39. The number of hydrogen-bond acceptors (Lipinski definition) is 4. The highest BCUT2D eigenvalue weighted by Gasteiger charge is 2.18. The molecule has 0 aliphatic rings. The second-order valence-electron chi connectivity index (χ2n) is 3.46. The van der Waals surface area contributed by atoms with Gasteiger partial charge in [0.2, 0.25) is 0 Å². The van der Waals surface area contributed by atoms with E-state index >= 15 is 0 Å². The highest BCUT2D eigenvalue weighted by Crippen LogP contribution is 2.22. The minimum Gasteiger partial charge on any atom is -0.481 e. The molecule has 0 fully saturated rings. The van der Waals surface area contributed by atoms with E-state index < -0.39 is 12.0 Å². The van der Waals surface area contributed by atoms with Crippen LogP contribution in [0.4, 0.5) is 0 Å². The molecule has 2 rings (SSSR count). The first-order chi connectivity index (χ1) is 8.16. The fraction of sp³-hybridized carbons (Fsp3) is 0.200. The predicted molar refractivity (Wildman–Crippen MR) is 59.7 cm³/mol. The molecule has 0 aliphatic carbocycles. The zero-order chi connectivity index (χ0) is 12.3. The Hall–Kier alpha value is -1.95. The van der Waals surface area contributed by atoms with Crippen molar-refractivity contribution in [3.8, 4) is 0 Å². The summed E-state index contributed by atoms with van der Waals surface area (Å²) in [6.45, 7) is 0. The summed E-state index contributed by atoms with van der Waals surface area (Å²) in [5, 5.41) is 20.2. The van der Waals surface area contributed by atoms with E-state index in [0.717, 1.165) is 5.56 Å². The van der Waals surface area contributed by atoms with E-state index in [-0.39, 0.29) is 6.42 Å². The van der Waals surface area contributed by atoms with E-state index in [1.165, 1.54) is 11.0 Å². The van der Waals surface area contributed by atoms with Crippen LogP contribution >= 0.6 is 11.6 Å². The first-order valence-corrected chi connectivity index (χ1v) is 5.24. The number of hydrogen-bond donors (Lipinski definition) is 1. The summed E-state index contributed by atoms with van der Waals surface area (Å²) < 4.78 is 1.41. The quantitative estimate of drug-likeness (QED) is 0.889. The van der Waals surface area contributed by atoms with Crippen molar-refractivity contribution in [2.75, 3.05) is 0 Å². The van der Waals surface area contributed by atoms with Gasteiger partial charge in [0.05, 0.1) is 12.5 Å². The average Bonchev–Trinajstić information content (AvgIpc) is 2.80. The maximum absolute atomic E-state index is 10.8. The van der Waals surface area contributed by atoms with Gasteiger partial charge in [0.1, 0.15) is 6.33 Å². The Morgan fingerprint density at radius 3 is 2.65 bits per heavy atom. The lowest BCUT2D eigenvalue weighted by atomic mass is 10.0. The van der Waals surface area contributed by atoms with Gasteiger partial charge in [-0.1, -0.05) is 23.7 Å². The van der Waals surface area contributed by atoms with Crippen LogP contribution < -0.4 is 0 Å². The van der Waals surface area contributed by atoms with E-state index in [9.17, 15) is 4.79 Å². The van der Waals surface area contributed by atoms with Gasteiger partial charge < -0.3 is 5.11 Å². The smallest absolute Gasteiger partial charge is 0.305 e. The number of aromatic nitrogens is 4. The molecule has 7 heteroatoms. The molecule has 0 saturated heterocycles. The first-order valence-electron chi connectivity index (χ1n) is 4.86. The van der Waals surface area contributed by atoms with Gasteiger partial charge in [-0.25, -0.2) is 4.68 Å². The molecule has 88 valence electrons. The second-order valence-corrected chi connectivity index (χ2v) is 3.89. The minimum atomic E-state index is -0.916. The lowest BCUT2D eigenvalue weighted by Crippen LogP contribution is -2.15. The topological polar surface area (TPSA) is 80.9 Å². The molecule has 0 bridgehead atoms. The van der Waals surface area contributed by atoms with Crippen LogP contribution in [0.1, 0.15) is 18.0 Å².